The van der Waals surface area contributed by atoms with Gasteiger partial charge in [-0.25, -0.2) is 4.39 Å². The molecule has 1 N–H and O–H groups in total. The van der Waals surface area contributed by atoms with Crippen LogP contribution in [-0.2, 0) is 4.79 Å². The van der Waals surface area contributed by atoms with Crippen LogP contribution in [0, 0.1) is 23.6 Å². The number of hydrogen-bond acceptors (Lipinski definition) is 3. The van der Waals surface area contributed by atoms with Crippen LogP contribution in [0.3, 0.4) is 0 Å². The van der Waals surface area contributed by atoms with Gasteiger partial charge in [-0.1, -0.05) is 30.3 Å². The van der Waals surface area contributed by atoms with E-state index in [0.717, 1.165) is 41.6 Å². The summed E-state index contributed by atoms with van der Waals surface area (Å²) in [5.74, 6) is 2.81. The van der Waals surface area contributed by atoms with Crippen molar-refractivity contribution in [3.63, 3.8) is 0 Å². The lowest BCUT2D eigenvalue weighted by molar-refractivity contribution is -0.116. The summed E-state index contributed by atoms with van der Waals surface area (Å²) < 4.78 is 14.1. The van der Waals surface area contributed by atoms with Crippen LogP contribution in [0.5, 0.6) is 0 Å². The third kappa shape index (κ3) is 4.92. The Balaban J connectivity index is 0.00000245. The van der Waals surface area contributed by atoms with E-state index in [1.54, 1.807) is 17.8 Å². The van der Waals surface area contributed by atoms with Gasteiger partial charge in [0.1, 0.15) is 5.82 Å². The summed E-state index contributed by atoms with van der Waals surface area (Å²) in [4.78, 5) is 20.5. The Labute approximate surface area is 205 Å². The molecule has 5 aliphatic rings. The second-order valence-corrected chi connectivity index (χ2v) is 11.5. The molecule has 1 aromatic rings. The third-order valence-corrected chi connectivity index (χ3v) is 8.89. The van der Waals surface area contributed by atoms with Crippen molar-refractivity contribution < 1.29 is 9.18 Å². The monoisotopic (exact) mass is 499 g/mol. The van der Waals surface area contributed by atoms with E-state index in [4.69, 9.17) is 16.6 Å². The lowest BCUT2D eigenvalue weighted by atomic mass is 9.53. The topological polar surface area (TPSA) is 44.7 Å². The molecule has 0 radical (unpaired) electrons. The smallest absolute Gasteiger partial charge is 0.226 e. The highest BCUT2D eigenvalue weighted by Gasteiger charge is 2.51. The predicted molar refractivity (Wildman–Crippen MR) is 133 cm³/mol. The molecule has 1 unspecified atom stereocenters. The zero-order valence-corrected chi connectivity index (χ0v) is 20.9. The van der Waals surface area contributed by atoms with Crippen molar-refractivity contribution >= 4 is 52.5 Å². The Morgan fingerprint density at radius 1 is 1.25 bits per heavy atom. The van der Waals surface area contributed by atoms with Crippen molar-refractivity contribution in [1.29, 1.82) is 0 Å². The summed E-state index contributed by atoms with van der Waals surface area (Å²) >= 11 is 7.62. The SMILES string of the molecule is CCCN1/C(=N/C23CC4CC(CC(C4)C2)C3)SCC1CC(=O)Nc1ccc(Cl)cc1F.Cl. The van der Waals surface area contributed by atoms with Crippen molar-refractivity contribution in [3.05, 3.63) is 29.0 Å². The number of carbonyl (C=O) groups is 1. The van der Waals surface area contributed by atoms with Crippen LogP contribution in [0.4, 0.5) is 10.1 Å². The third-order valence-electron chi connectivity index (χ3n) is 7.52. The van der Waals surface area contributed by atoms with E-state index in [9.17, 15) is 9.18 Å². The van der Waals surface area contributed by atoms with Gasteiger partial charge in [0.05, 0.1) is 11.2 Å². The molecule has 1 aliphatic heterocycles. The van der Waals surface area contributed by atoms with Crippen molar-refractivity contribution in [2.24, 2.45) is 22.7 Å². The summed E-state index contributed by atoms with van der Waals surface area (Å²) in [6, 6.07) is 4.43. The molecule has 1 saturated heterocycles. The number of hydrogen-bond donors (Lipinski definition) is 1. The van der Waals surface area contributed by atoms with Gasteiger partial charge in [-0.05, 0) is 80.9 Å². The number of rotatable bonds is 6. The molecule has 176 valence electrons. The van der Waals surface area contributed by atoms with Crippen molar-refractivity contribution in [2.75, 3.05) is 17.6 Å². The second kappa shape index (κ2) is 9.71. The van der Waals surface area contributed by atoms with Gasteiger partial charge in [-0.15, -0.1) is 12.4 Å². The number of nitrogens with one attached hydrogen (secondary N) is 1. The van der Waals surface area contributed by atoms with Crippen molar-refractivity contribution in [1.82, 2.24) is 4.90 Å². The van der Waals surface area contributed by atoms with E-state index in [1.165, 1.54) is 50.7 Å². The van der Waals surface area contributed by atoms with Gasteiger partial charge in [0, 0.05) is 29.8 Å². The molecule has 8 heteroatoms. The van der Waals surface area contributed by atoms with Crippen molar-refractivity contribution in [3.8, 4) is 0 Å². The summed E-state index contributed by atoms with van der Waals surface area (Å²) in [7, 11) is 0. The number of halogens is 3. The molecule has 4 nitrogen and oxygen atoms in total. The number of nitrogens with zero attached hydrogens (tertiary/aromatic N) is 2. The first-order valence-corrected chi connectivity index (χ1v) is 13.0. The largest absolute Gasteiger partial charge is 0.347 e. The summed E-state index contributed by atoms with van der Waals surface area (Å²) in [5.41, 5.74) is 0.330. The average Bonchev–Trinajstić information content (AvgIpc) is 3.04. The molecule has 0 aromatic heterocycles. The van der Waals surface area contributed by atoms with E-state index in [-0.39, 0.29) is 35.6 Å². The van der Waals surface area contributed by atoms with E-state index >= 15 is 0 Å². The molecule has 1 atom stereocenters. The van der Waals surface area contributed by atoms with E-state index in [1.807, 2.05) is 0 Å². The normalized spacial score (nSPS) is 34.1. The van der Waals surface area contributed by atoms with E-state index in [2.05, 4.69) is 17.1 Å². The van der Waals surface area contributed by atoms with Crippen LogP contribution in [0.1, 0.15) is 58.3 Å². The van der Waals surface area contributed by atoms with E-state index in [0.29, 0.717) is 11.4 Å². The molecule has 1 aromatic carbocycles. The Morgan fingerprint density at radius 3 is 2.50 bits per heavy atom. The minimum absolute atomic E-state index is 0. The first-order chi connectivity index (χ1) is 14.9. The number of anilines is 1. The maximum absolute atomic E-state index is 14.1. The fourth-order valence-corrected chi connectivity index (χ4v) is 8.16. The molecular formula is C24H32Cl2FN3OS. The summed E-state index contributed by atoms with van der Waals surface area (Å²) in [6.07, 6.45) is 9.37. The van der Waals surface area contributed by atoms with Crippen LogP contribution in [0.2, 0.25) is 5.02 Å². The molecule has 4 bridgehead atoms. The molecule has 0 spiro atoms. The fraction of sp³-hybridized carbons (Fsp3) is 0.667. The fourth-order valence-electron chi connectivity index (χ4n) is 6.70. The van der Waals surface area contributed by atoms with Crippen molar-refractivity contribution in [2.45, 2.75) is 69.9 Å². The number of carbonyl (C=O) groups excluding carboxylic acids is 1. The Bertz CT molecular complexity index is 861. The lowest BCUT2D eigenvalue weighted by Gasteiger charge is -2.55. The van der Waals surface area contributed by atoms with Gasteiger partial charge in [-0.2, -0.15) is 0 Å². The highest BCUT2D eigenvalue weighted by molar-refractivity contribution is 8.14. The number of benzene rings is 1. The van der Waals surface area contributed by atoms with E-state index < -0.39 is 5.82 Å². The lowest BCUT2D eigenvalue weighted by Crippen LogP contribution is -2.50. The number of amides is 1. The number of aliphatic imine (C=N–C) groups is 1. The quantitative estimate of drug-likeness (QED) is 0.493. The van der Waals surface area contributed by atoms with Gasteiger partial charge in [0.2, 0.25) is 5.91 Å². The van der Waals surface area contributed by atoms with Gasteiger partial charge in [-0.3, -0.25) is 9.79 Å². The highest BCUT2D eigenvalue weighted by atomic mass is 35.5. The molecule has 6 rings (SSSR count). The maximum atomic E-state index is 14.1. The molecule has 1 heterocycles. The highest BCUT2D eigenvalue weighted by Crippen LogP contribution is 2.57. The second-order valence-electron chi connectivity index (χ2n) is 10.1. The zero-order chi connectivity index (χ0) is 21.6. The first-order valence-electron chi connectivity index (χ1n) is 11.7. The maximum Gasteiger partial charge on any atom is 0.226 e. The molecule has 32 heavy (non-hydrogen) atoms. The van der Waals surface area contributed by atoms with Gasteiger partial charge in [0.25, 0.3) is 0 Å². The standard InChI is InChI=1S/C24H31ClFN3OS.ClH/c1-2-5-29-19(10-22(30)27-21-4-3-18(25)9-20(21)26)14-31-23(29)28-24-11-15-6-16(12-24)8-17(7-15)13-24;/h3-4,9,15-17,19H,2,5-8,10-14H2,1H3,(H,27,30);1H/b28-23-;. The average molecular weight is 501 g/mol. The minimum Gasteiger partial charge on any atom is -0.347 e. The Morgan fingerprint density at radius 2 is 1.91 bits per heavy atom. The van der Waals surface area contributed by atoms with Crippen LogP contribution in [0.15, 0.2) is 23.2 Å². The predicted octanol–water partition coefficient (Wildman–Crippen LogP) is 6.38. The Hall–Kier alpha value is -0.980. The van der Waals surface area contributed by atoms with Crippen LogP contribution in [-0.4, -0.2) is 39.9 Å². The molecule has 4 aliphatic carbocycles. The summed E-state index contributed by atoms with van der Waals surface area (Å²) in [5, 5.41) is 4.18. The molecule has 1 amide bonds. The number of thioether (sulfide) groups is 1. The van der Waals surface area contributed by atoms with Crippen LogP contribution in [0.25, 0.3) is 0 Å². The zero-order valence-electron chi connectivity index (χ0n) is 18.5. The van der Waals surface area contributed by atoms with Crippen LogP contribution < -0.4 is 5.32 Å². The molecule has 5 fully saturated rings. The minimum atomic E-state index is -0.504. The summed E-state index contributed by atoms with van der Waals surface area (Å²) in [6.45, 7) is 3.08. The van der Waals surface area contributed by atoms with Gasteiger partial charge in [0.15, 0.2) is 5.17 Å². The Kier molecular flexibility index (Phi) is 7.33. The van der Waals surface area contributed by atoms with Crippen LogP contribution >= 0.6 is 35.8 Å². The molecular weight excluding hydrogens is 468 g/mol. The number of amidine groups is 1. The molecule has 4 saturated carbocycles. The van der Waals surface area contributed by atoms with Gasteiger partial charge < -0.3 is 10.2 Å². The first kappa shape index (κ1) is 24.2. The van der Waals surface area contributed by atoms with Gasteiger partial charge >= 0.3 is 0 Å².